The number of nitrogens with zero attached hydrogens (tertiary/aromatic N) is 3. The van der Waals surface area contributed by atoms with E-state index in [4.69, 9.17) is 4.74 Å². The Bertz CT molecular complexity index is 963. The number of fused-ring (bicyclic) bond motifs is 1. The third kappa shape index (κ3) is 4.65. The van der Waals surface area contributed by atoms with E-state index in [1.807, 2.05) is 22.9 Å². The predicted octanol–water partition coefficient (Wildman–Crippen LogP) is 4.26. The number of hydrogen-bond donors (Lipinski definition) is 0. The van der Waals surface area contributed by atoms with Crippen LogP contribution in [-0.2, 0) is 0 Å². The second-order valence-corrected chi connectivity index (χ2v) is 7.63. The number of benzene rings is 1. The number of piperidine rings is 1. The van der Waals surface area contributed by atoms with Crippen LogP contribution in [0.15, 0.2) is 35.0 Å². The number of ether oxygens (including phenoxy) is 1. The zero-order valence-electron chi connectivity index (χ0n) is 15.6. The second-order valence-electron chi connectivity index (χ2n) is 6.89. The SMILES string of the molecule is Cc1ccc(C#Cc2nc3cscc3nc2OCCN2CCCCC2)cc1. The highest BCUT2D eigenvalue weighted by Crippen LogP contribution is 2.21. The van der Waals surface area contributed by atoms with Gasteiger partial charge in [-0.25, -0.2) is 9.97 Å². The minimum atomic E-state index is 0.539. The van der Waals surface area contributed by atoms with Gasteiger partial charge in [0, 0.05) is 22.9 Å². The van der Waals surface area contributed by atoms with Gasteiger partial charge in [0.25, 0.3) is 0 Å². The van der Waals surface area contributed by atoms with Gasteiger partial charge in [-0.2, -0.15) is 0 Å². The number of hydrogen-bond acceptors (Lipinski definition) is 5. The summed E-state index contributed by atoms with van der Waals surface area (Å²) in [6, 6.07) is 8.17. The molecule has 0 radical (unpaired) electrons. The Kier molecular flexibility index (Phi) is 5.66. The number of thiophene rings is 1. The van der Waals surface area contributed by atoms with E-state index in [0.29, 0.717) is 18.2 Å². The fourth-order valence-electron chi connectivity index (χ4n) is 3.19. The van der Waals surface area contributed by atoms with Gasteiger partial charge < -0.3 is 4.74 Å². The molecular weight excluding hydrogens is 354 g/mol. The minimum absolute atomic E-state index is 0.539. The lowest BCUT2D eigenvalue weighted by Crippen LogP contribution is -2.33. The zero-order valence-corrected chi connectivity index (χ0v) is 16.4. The Morgan fingerprint density at radius 1 is 1.00 bits per heavy atom. The summed E-state index contributed by atoms with van der Waals surface area (Å²) in [7, 11) is 0. The summed E-state index contributed by atoms with van der Waals surface area (Å²) < 4.78 is 6.01. The van der Waals surface area contributed by atoms with Crippen molar-refractivity contribution in [2.75, 3.05) is 26.2 Å². The first kappa shape index (κ1) is 18.0. The van der Waals surface area contributed by atoms with E-state index in [0.717, 1.165) is 23.1 Å². The molecule has 0 aliphatic carbocycles. The van der Waals surface area contributed by atoms with Crippen LogP contribution in [-0.4, -0.2) is 41.1 Å². The van der Waals surface area contributed by atoms with E-state index in [9.17, 15) is 0 Å². The van der Waals surface area contributed by atoms with Gasteiger partial charge in [0.2, 0.25) is 5.88 Å². The van der Waals surface area contributed by atoms with Crippen molar-refractivity contribution in [3.05, 3.63) is 51.8 Å². The molecule has 5 heteroatoms. The predicted molar refractivity (Wildman–Crippen MR) is 110 cm³/mol. The molecule has 0 amide bonds. The molecule has 2 aromatic heterocycles. The van der Waals surface area contributed by atoms with E-state index in [1.165, 1.54) is 37.9 Å². The summed E-state index contributed by atoms with van der Waals surface area (Å²) in [5.41, 5.74) is 4.54. The maximum Gasteiger partial charge on any atom is 0.249 e. The molecule has 1 aliphatic rings. The first-order valence-electron chi connectivity index (χ1n) is 9.46. The van der Waals surface area contributed by atoms with E-state index in [1.54, 1.807) is 11.3 Å². The van der Waals surface area contributed by atoms with Crippen molar-refractivity contribution in [2.24, 2.45) is 0 Å². The maximum absolute atomic E-state index is 6.01. The summed E-state index contributed by atoms with van der Waals surface area (Å²) >= 11 is 1.60. The molecule has 1 aliphatic heterocycles. The van der Waals surface area contributed by atoms with Crippen LogP contribution in [0.4, 0.5) is 0 Å². The normalized spacial score (nSPS) is 14.7. The van der Waals surface area contributed by atoms with E-state index >= 15 is 0 Å². The molecule has 3 heterocycles. The molecule has 1 fully saturated rings. The van der Waals surface area contributed by atoms with Crippen LogP contribution in [0.1, 0.15) is 36.1 Å². The number of likely N-dealkylation sites (tertiary alicyclic amines) is 1. The molecule has 0 unspecified atom stereocenters. The fourth-order valence-corrected chi connectivity index (χ4v) is 3.86. The molecule has 0 atom stereocenters. The lowest BCUT2D eigenvalue weighted by atomic mass is 10.1. The van der Waals surface area contributed by atoms with Crippen molar-refractivity contribution < 1.29 is 4.74 Å². The highest BCUT2D eigenvalue weighted by molar-refractivity contribution is 7.09. The lowest BCUT2D eigenvalue weighted by molar-refractivity contribution is 0.180. The number of rotatable bonds is 4. The average Bonchev–Trinajstić information content (AvgIpc) is 3.15. The molecule has 1 aromatic carbocycles. The molecular formula is C22H23N3OS. The van der Waals surface area contributed by atoms with Gasteiger partial charge in [0.05, 0.1) is 0 Å². The first-order valence-corrected chi connectivity index (χ1v) is 10.4. The second kappa shape index (κ2) is 8.51. The Labute approximate surface area is 164 Å². The zero-order chi connectivity index (χ0) is 18.5. The van der Waals surface area contributed by atoms with Crippen LogP contribution in [0.3, 0.4) is 0 Å². The molecule has 1 saturated heterocycles. The van der Waals surface area contributed by atoms with Crippen molar-refractivity contribution in [3.63, 3.8) is 0 Å². The van der Waals surface area contributed by atoms with Gasteiger partial charge in [-0.05, 0) is 50.9 Å². The smallest absolute Gasteiger partial charge is 0.249 e. The Morgan fingerprint density at radius 3 is 2.52 bits per heavy atom. The van der Waals surface area contributed by atoms with Gasteiger partial charge in [-0.15, -0.1) is 11.3 Å². The first-order chi connectivity index (χ1) is 13.3. The topological polar surface area (TPSA) is 38.3 Å². The highest BCUT2D eigenvalue weighted by atomic mass is 32.1. The van der Waals surface area contributed by atoms with Crippen LogP contribution in [0.25, 0.3) is 11.0 Å². The molecule has 27 heavy (non-hydrogen) atoms. The molecule has 3 aromatic rings. The van der Waals surface area contributed by atoms with Crippen molar-refractivity contribution in [2.45, 2.75) is 26.2 Å². The van der Waals surface area contributed by atoms with Gasteiger partial charge in [0.1, 0.15) is 17.6 Å². The maximum atomic E-state index is 6.01. The Hall–Kier alpha value is -2.42. The summed E-state index contributed by atoms with van der Waals surface area (Å²) in [6.45, 7) is 5.94. The summed E-state index contributed by atoms with van der Waals surface area (Å²) in [5.74, 6) is 6.89. The molecule has 4 rings (SSSR count). The van der Waals surface area contributed by atoms with Crippen molar-refractivity contribution in [1.82, 2.24) is 14.9 Å². The van der Waals surface area contributed by atoms with Crippen LogP contribution in [0.2, 0.25) is 0 Å². The van der Waals surface area contributed by atoms with Gasteiger partial charge >= 0.3 is 0 Å². The summed E-state index contributed by atoms with van der Waals surface area (Å²) in [4.78, 5) is 11.8. The van der Waals surface area contributed by atoms with E-state index < -0.39 is 0 Å². The standard InChI is InChI=1S/C22H23N3OS/c1-17-5-7-18(8-6-17)9-10-19-22(24-21-16-27-15-20(21)23-19)26-14-13-25-11-3-2-4-12-25/h5-8,15-16H,2-4,11-14H2,1H3. The van der Waals surface area contributed by atoms with Gasteiger partial charge in [-0.3, -0.25) is 4.90 Å². The summed E-state index contributed by atoms with van der Waals surface area (Å²) in [6.07, 6.45) is 3.91. The van der Waals surface area contributed by atoms with E-state index in [2.05, 4.69) is 45.8 Å². The lowest BCUT2D eigenvalue weighted by Gasteiger charge is -2.26. The monoisotopic (exact) mass is 377 g/mol. The fraction of sp³-hybridized carbons (Fsp3) is 0.364. The molecule has 0 N–H and O–H groups in total. The highest BCUT2D eigenvalue weighted by Gasteiger charge is 2.12. The van der Waals surface area contributed by atoms with Crippen molar-refractivity contribution >= 4 is 22.4 Å². The Morgan fingerprint density at radius 2 is 1.74 bits per heavy atom. The summed E-state index contributed by atoms with van der Waals surface area (Å²) in [5, 5.41) is 3.99. The van der Waals surface area contributed by atoms with Gasteiger partial charge in [0.15, 0.2) is 5.69 Å². The Balaban J connectivity index is 1.53. The molecule has 0 bridgehead atoms. The van der Waals surface area contributed by atoms with Crippen LogP contribution in [0.5, 0.6) is 5.88 Å². The van der Waals surface area contributed by atoms with Gasteiger partial charge in [-0.1, -0.05) is 30.0 Å². The molecule has 0 spiro atoms. The van der Waals surface area contributed by atoms with Crippen molar-refractivity contribution in [3.8, 4) is 17.7 Å². The third-order valence-electron chi connectivity index (χ3n) is 4.75. The minimum Gasteiger partial charge on any atom is -0.474 e. The molecule has 4 nitrogen and oxygen atoms in total. The number of aromatic nitrogens is 2. The van der Waals surface area contributed by atoms with E-state index in [-0.39, 0.29) is 0 Å². The van der Waals surface area contributed by atoms with Crippen LogP contribution >= 0.6 is 11.3 Å². The third-order valence-corrected chi connectivity index (χ3v) is 5.47. The van der Waals surface area contributed by atoms with Crippen LogP contribution in [0, 0.1) is 18.8 Å². The average molecular weight is 378 g/mol. The molecule has 0 saturated carbocycles. The van der Waals surface area contributed by atoms with Crippen LogP contribution < -0.4 is 4.74 Å². The largest absolute Gasteiger partial charge is 0.474 e. The number of aryl methyl sites for hydroxylation is 1. The van der Waals surface area contributed by atoms with Crippen molar-refractivity contribution in [1.29, 1.82) is 0 Å². The quantitative estimate of drug-likeness (QED) is 0.637. The molecule has 138 valence electrons.